The summed E-state index contributed by atoms with van der Waals surface area (Å²) in [5.41, 5.74) is 11.9. The van der Waals surface area contributed by atoms with Crippen LogP contribution < -0.4 is 11.5 Å². The van der Waals surface area contributed by atoms with E-state index in [2.05, 4.69) is 15.9 Å². The van der Waals surface area contributed by atoms with Gasteiger partial charge in [0.1, 0.15) is 0 Å². The predicted octanol–water partition coefficient (Wildman–Crippen LogP) is 1.14. The third-order valence-corrected chi connectivity index (χ3v) is 4.08. The highest BCUT2D eigenvalue weighted by atomic mass is 79.9. The van der Waals surface area contributed by atoms with Crippen LogP contribution in [0.2, 0.25) is 0 Å². The van der Waals surface area contributed by atoms with Crippen LogP contribution in [0.1, 0.15) is 24.8 Å². The molecular formula is C14H18BrN3O2. The molecule has 1 fully saturated rings. The van der Waals surface area contributed by atoms with Gasteiger partial charge in [-0.3, -0.25) is 9.59 Å². The van der Waals surface area contributed by atoms with E-state index in [4.69, 9.17) is 11.5 Å². The summed E-state index contributed by atoms with van der Waals surface area (Å²) in [6.45, 7) is 0.497. The summed E-state index contributed by atoms with van der Waals surface area (Å²) >= 11 is 3.48. The summed E-state index contributed by atoms with van der Waals surface area (Å²) in [4.78, 5) is 25.0. The molecular weight excluding hydrogens is 322 g/mol. The van der Waals surface area contributed by atoms with Gasteiger partial charge in [-0.15, -0.1) is 0 Å². The van der Waals surface area contributed by atoms with Crippen molar-refractivity contribution in [2.45, 2.75) is 37.9 Å². The number of carbonyl (C=O) groups is 2. The maximum atomic E-state index is 12.4. The lowest BCUT2D eigenvalue weighted by Crippen LogP contribution is -2.46. The summed E-state index contributed by atoms with van der Waals surface area (Å²) in [5.74, 6) is -0.760. The number of hydrogen-bond acceptors (Lipinski definition) is 3. The zero-order chi connectivity index (χ0) is 14.7. The first-order valence-corrected chi connectivity index (χ1v) is 7.36. The molecule has 1 aliphatic rings. The molecule has 1 aromatic carbocycles. The van der Waals surface area contributed by atoms with Crippen LogP contribution in [0.15, 0.2) is 28.7 Å². The molecule has 6 heteroatoms. The van der Waals surface area contributed by atoms with E-state index in [9.17, 15) is 9.59 Å². The van der Waals surface area contributed by atoms with E-state index in [0.29, 0.717) is 6.54 Å². The van der Waals surface area contributed by atoms with Gasteiger partial charge in [0.15, 0.2) is 0 Å². The number of nitrogens with zero attached hydrogens (tertiary/aromatic N) is 1. The van der Waals surface area contributed by atoms with Crippen molar-refractivity contribution in [1.82, 2.24) is 4.90 Å². The number of rotatable bonds is 6. The van der Waals surface area contributed by atoms with Crippen molar-refractivity contribution in [3.05, 3.63) is 34.3 Å². The Morgan fingerprint density at radius 2 is 2.00 bits per heavy atom. The molecule has 1 unspecified atom stereocenters. The molecule has 5 nitrogen and oxygen atoms in total. The van der Waals surface area contributed by atoms with Gasteiger partial charge in [0.25, 0.3) is 0 Å². The van der Waals surface area contributed by atoms with Gasteiger partial charge in [0.2, 0.25) is 11.8 Å². The van der Waals surface area contributed by atoms with Crippen molar-refractivity contribution in [1.29, 1.82) is 0 Å². The van der Waals surface area contributed by atoms with Crippen LogP contribution in [-0.4, -0.2) is 28.8 Å². The van der Waals surface area contributed by atoms with Crippen molar-refractivity contribution in [3.8, 4) is 0 Å². The van der Waals surface area contributed by atoms with Crippen LogP contribution in [0.4, 0.5) is 0 Å². The molecule has 2 rings (SSSR count). The molecule has 4 N–H and O–H groups in total. The largest absolute Gasteiger partial charge is 0.370 e. The lowest BCUT2D eigenvalue weighted by molar-refractivity contribution is -0.135. The van der Waals surface area contributed by atoms with Gasteiger partial charge < -0.3 is 16.4 Å². The van der Waals surface area contributed by atoms with E-state index in [1.807, 2.05) is 24.3 Å². The second-order valence-electron chi connectivity index (χ2n) is 5.07. The number of nitrogens with two attached hydrogens (primary N) is 2. The molecule has 0 spiro atoms. The van der Waals surface area contributed by atoms with Gasteiger partial charge in [0.05, 0.1) is 12.5 Å². The fourth-order valence-electron chi connectivity index (χ4n) is 2.10. The van der Waals surface area contributed by atoms with E-state index in [0.717, 1.165) is 22.9 Å². The third-order valence-electron chi connectivity index (χ3n) is 3.31. The number of carbonyl (C=O) groups excluding carboxylic acids is 2. The standard InChI is InChI=1S/C14H18BrN3O2/c15-11-4-2-1-3-9(11)8-18(10-5-6-10)14(20)12(16)7-13(17)19/h1-4,10,12H,5-8,16H2,(H2,17,19). The first-order valence-electron chi connectivity index (χ1n) is 6.57. The Bertz CT molecular complexity index is 517. The van der Waals surface area contributed by atoms with E-state index in [1.54, 1.807) is 4.90 Å². The molecule has 108 valence electrons. The summed E-state index contributed by atoms with van der Waals surface area (Å²) in [7, 11) is 0. The van der Waals surface area contributed by atoms with Crippen molar-refractivity contribution >= 4 is 27.7 Å². The zero-order valence-corrected chi connectivity index (χ0v) is 12.7. The first-order chi connectivity index (χ1) is 9.49. The molecule has 0 saturated heterocycles. The topological polar surface area (TPSA) is 89.4 Å². The fourth-order valence-corrected chi connectivity index (χ4v) is 2.51. The number of amides is 2. The predicted molar refractivity (Wildman–Crippen MR) is 79.5 cm³/mol. The molecule has 0 heterocycles. The van der Waals surface area contributed by atoms with Crippen LogP contribution in [-0.2, 0) is 16.1 Å². The Balaban J connectivity index is 2.09. The number of halogens is 1. The number of benzene rings is 1. The Kier molecular flexibility index (Phi) is 4.77. The summed E-state index contributed by atoms with van der Waals surface area (Å²) < 4.78 is 0.960. The quantitative estimate of drug-likeness (QED) is 0.814. The average molecular weight is 340 g/mol. The van der Waals surface area contributed by atoms with Gasteiger partial charge in [-0.2, -0.15) is 0 Å². The number of primary amides is 1. The molecule has 0 aliphatic heterocycles. The monoisotopic (exact) mass is 339 g/mol. The minimum Gasteiger partial charge on any atom is -0.370 e. The van der Waals surface area contributed by atoms with Gasteiger partial charge in [0, 0.05) is 17.1 Å². The molecule has 1 saturated carbocycles. The smallest absolute Gasteiger partial charge is 0.240 e. The summed E-state index contributed by atoms with van der Waals surface area (Å²) in [5, 5.41) is 0. The van der Waals surface area contributed by atoms with E-state index >= 15 is 0 Å². The van der Waals surface area contributed by atoms with Crippen LogP contribution >= 0.6 is 15.9 Å². The van der Waals surface area contributed by atoms with Crippen LogP contribution in [0.25, 0.3) is 0 Å². The van der Waals surface area contributed by atoms with Gasteiger partial charge in [-0.25, -0.2) is 0 Å². The lowest BCUT2D eigenvalue weighted by atomic mass is 10.1. The zero-order valence-electron chi connectivity index (χ0n) is 11.1. The van der Waals surface area contributed by atoms with Crippen LogP contribution in [0, 0.1) is 0 Å². The molecule has 20 heavy (non-hydrogen) atoms. The van der Waals surface area contributed by atoms with Crippen molar-refractivity contribution < 1.29 is 9.59 Å². The molecule has 1 aliphatic carbocycles. The Hall–Kier alpha value is -1.40. The van der Waals surface area contributed by atoms with Crippen LogP contribution in [0.3, 0.4) is 0 Å². The highest BCUT2D eigenvalue weighted by Crippen LogP contribution is 2.30. The minimum absolute atomic E-state index is 0.113. The van der Waals surface area contributed by atoms with Crippen molar-refractivity contribution in [2.75, 3.05) is 0 Å². The Morgan fingerprint density at radius 3 is 2.55 bits per heavy atom. The van der Waals surface area contributed by atoms with Crippen molar-refractivity contribution in [3.63, 3.8) is 0 Å². The SMILES string of the molecule is NC(=O)CC(N)C(=O)N(Cc1ccccc1Br)C1CC1. The highest BCUT2D eigenvalue weighted by molar-refractivity contribution is 9.10. The Labute approximate surface area is 126 Å². The summed E-state index contributed by atoms with van der Waals surface area (Å²) in [6.07, 6.45) is 1.86. The maximum Gasteiger partial charge on any atom is 0.240 e. The van der Waals surface area contributed by atoms with E-state index in [-0.39, 0.29) is 18.4 Å². The van der Waals surface area contributed by atoms with Crippen LogP contribution in [0.5, 0.6) is 0 Å². The average Bonchev–Trinajstić information content (AvgIpc) is 3.20. The highest BCUT2D eigenvalue weighted by Gasteiger charge is 2.35. The van der Waals surface area contributed by atoms with Gasteiger partial charge in [-0.05, 0) is 24.5 Å². The lowest BCUT2D eigenvalue weighted by Gasteiger charge is -2.25. The summed E-state index contributed by atoms with van der Waals surface area (Å²) in [6, 6.07) is 7.14. The number of hydrogen-bond donors (Lipinski definition) is 2. The first kappa shape index (κ1) is 15.0. The molecule has 1 atom stereocenters. The molecule has 0 radical (unpaired) electrons. The normalized spacial score (nSPS) is 15.7. The van der Waals surface area contributed by atoms with Crippen molar-refractivity contribution in [2.24, 2.45) is 11.5 Å². The van der Waals surface area contributed by atoms with E-state index < -0.39 is 11.9 Å². The second-order valence-corrected chi connectivity index (χ2v) is 5.92. The maximum absolute atomic E-state index is 12.4. The molecule has 2 amide bonds. The fraction of sp³-hybridized carbons (Fsp3) is 0.429. The van der Waals surface area contributed by atoms with Gasteiger partial charge in [-0.1, -0.05) is 34.1 Å². The Morgan fingerprint density at radius 1 is 1.35 bits per heavy atom. The van der Waals surface area contributed by atoms with Gasteiger partial charge >= 0.3 is 0 Å². The molecule has 0 aromatic heterocycles. The third kappa shape index (κ3) is 3.80. The molecule has 1 aromatic rings. The minimum atomic E-state index is -0.851. The van der Waals surface area contributed by atoms with E-state index in [1.165, 1.54) is 0 Å². The molecule has 0 bridgehead atoms. The second kappa shape index (κ2) is 6.37.